The van der Waals surface area contributed by atoms with Crippen LogP contribution in [0.15, 0.2) is 48.5 Å². The summed E-state index contributed by atoms with van der Waals surface area (Å²) >= 11 is 3.77. The number of rotatable bonds is 7. The Balaban J connectivity index is 2.06. The SMILES string of the molecule is CCOc1ccc(C(Br)c2ccc(CCOC)cc2)cc1. The molecule has 0 aliphatic carbocycles. The summed E-state index contributed by atoms with van der Waals surface area (Å²) in [5.74, 6) is 0.913. The van der Waals surface area contributed by atoms with Crippen LogP contribution in [0.1, 0.15) is 28.4 Å². The van der Waals surface area contributed by atoms with Gasteiger partial charge in [0.25, 0.3) is 0 Å². The van der Waals surface area contributed by atoms with Crippen molar-refractivity contribution >= 4 is 15.9 Å². The van der Waals surface area contributed by atoms with Gasteiger partial charge in [0.15, 0.2) is 0 Å². The number of hydrogen-bond donors (Lipinski definition) is 0. The molecule has 0 N–H and O–H groups in total. The second-order valence-corrected chi connectivity index (χ2v) is 5.76. The minimum absolute atomic E-state index is 0.199. The molecule has 1 unspecified atom stereocenters. The average Bonchev–Trinajstić information content (AvgIpc) is 2.54. The van der Waals surface area contributed by atoms with E-state index in [0.29, 0.717) is 6.61 Å². The van der Waals surface area contributed by atoms with E-state index < -0.39 is 0 Å². The molecule has 1 atom stereocenters. The topological polar surface area (TPSA) is 18.5 Å². The Morgan fingerprint density at radius 3 is 2.05 bits per heavy atom. The Kier molecular flexibility index (Phi) is 6.27. The second-order valence-electron chi connectivity index (χ2n) is 4.85. The Labute approximate surface area is 135 Å². The fourth-order valence-corrected chi connectivity index (χ4v) is 2.78. The van der Waals surface area contributed by atoms with Gasteiger partial charge in [-0.15, -0.1) is 0 Å². The molecule has 0 heterocycles. The number of alkyl halides is 1. The summed E-state index contributed by atoms with van der Waals surface area (Å²) in [7, 11) is 1.73. The maximum Gasteiger partial charge on any atom is 0.119 e. The molecule has 2 nitrogen and oxygen atoms in total. The molecular weight excluding hydrogens is 328 g/mol. The molecule has 0 aromatic heterocycles. The number of halogens is 1. The monoisotopic (exact) mass is 348 g/mol. The standard InChI is InChI=1S/C18H21BrO2/c1-3-21-17-10-8-16(9-11-17)18(19)15-6-4-14(5-7-15)12-13-20-2/h4-11,18H,3,12-13H2,1-2H3. The van der Waals surface area contributed by atoms with E-state index in [1.165, 1.54) is 16.7 Å². The van der Waals surface area contributed by atoms with E-state index in [9.17, 15) is 0 Å². The van der Waals surface area contributed by atoms with Gasteiger partial charge in [-0.05, 0) is 42.2 Å². The Morgan fingerprint density at radius 2 is 1.52 bits per heavy atom. The van der Waals surface area contributed by atoms with E-state index >= 15 is 0 Å². The molecule has 2 rings (SSSR count). The smallest absolute Gasteiger partial charge is 0.119 e. The maximum atomic E-state index is 5.47. The van der Waals surface area contributed by atoms with Crippen molar-refractivity contribution in [2.75, 3.05) is 20.3 Å². The summed E-state index contributed by atoms with van der Waals surface area (Å²) in [6.07, 6.45) is 0.951. The maximum absolute atomic E-state index is 5.47. The molecule has 0 bridgehead atoms. The molecule has 0 saturated heterocycles. The summed E-state index contributed by atoms with van der Waals surface area (Å²) in [5, 5.41) is 0. The lowest BCUT2D eigenvalue weighted by Gasteiger charge is -2.12. The lowest BCUT2D eigenvalue weighted by Crippen LogP contribution is -1.97. The third kappa shape index (κ3) is 4.58. The van der Waals surface area contributed by atoms with Gasteiger partial charge >= 0.3 is 0 Å². The highest BCUT2D eigenvalue weighted by Crippen LogP contribution is 2.31. The van der Waals surface area contributed by atoms with Crippen LogP contribution >= 0.6 is 15.9 Å². The predicted octanol–water partition coefficient (Wildman–Crippen LogP) is 4.76. The minimum Gasteiger partial charge on any atom is -0.494 e. The summed E-state index contributed by atoms with van der Waals surface area (Å²) in [6, 6.07) is 16.9. The van der Waals surface area contributed by atoms with Gasteiger partial charge in [0.1, 0.15) is 5.75 Å². The van der Waals surface area contributed by atoms with E-state index in [0.717, 1.165) is 18.8 Å². The number of methoxy groups -OCH3 is 1. The number of hydrogen-bond acceptors (Lipinski definition) is 2. The van der Waals surface area contributed by atoms with E-state index in [4.69, 9.17) is 9.47 Å². The molecule has 0 amide bonds. The predicted molar refractivity (Wildman–Crippen MR) is 90.4 cm³/mol. The van der Waals surface area contributed by atoms with Crippen LogP contribution in [0.4, 0.5) is 0 Å². The van der Waals surface area contributed by atoms with Crippen LogP contribution in [-0.4, -0.2) is 20.3 Å². The molecule has 0 aliphatic heterocycles. The van der Waals surface area contributed by atoms with Crippen molar-refractivity contribution in [2.45, 2.75) is 18.2 Å². The van der Waals surface area contributed by atoms with Crippen molar-refractivity contribution in [3.8, 4) is 5.75 Å². The van der Waals surface area contributed by atoms with Crippen LogP contribution < -0.4 is 4.74 Å². The Bertz CT molecular complexity index is 534. The van der Waals surface area contributed by atoms with Crippen LogP contribution in [0.2, 0.25) is 0 Å². The fourth-order valence-electron chi connectivity index (χ4n) is 2.17. The normalized spacial score (nSPS) is 12.1. The molecule has 0 fully saturated rings. The van der Waals surface area contributed by atoms with Gasteiger partial charge in [-0.2, -0.15) is 0 Å². The van der Waals surface area contributed by atoms with E-state index in [1.807, 2.05) is 19.1 Å². The van der Waals surface area contributed by atoms with E-state index in [2.05, 4.69) is 52.3 Å². The van der Waals surface area contributed by atoms with Gasteiger partial charge in [0.2, 0.25) is 0 Å². The van der Waals surface area contributed by atoms with Crippen LogP contribution in [0, 0.1) is 0 Å². The van der Waals surface area contributed by atoms with Crippen molar-refractivity contribution in [2.24, 2.45) is 0 Å². The van der Waals surface area contributed by atoms with Crippen molar-refractivity contribution in [1.29, 1.82) is 0 Å². The van der Waals surface area contributed by atoms with Crippen LogP contribution in [0.5, 0.6) is 5.75 Å². The van der Waals surface area contributed by atoms with Gasteiger partial charge in [-0.1, -0.05) is 52.3 Å². The van der Waals surface area contributed by atoms with Crippen molar-refractivity contribution < 1.29 is 9.47 Å². The molecule has 21 heavy (non-hydrogen) atoms. The summed E-state index contributed by atoms with van der Waals surface area (Å²) in [5.41, 5.74) is 3.77. The molecular formula is C18H21BrO2. The quantitative estimate of drug-likeness (QED) is 0.671. The first-order valence-corrected chi connectivity index (χ1v) is 8.10. The zero-order valence-electron chi connectivity index (χ0n) is 12.5. The zero-order chi connectivity index (χ0) is 15.1. The van der Waals surface area contributed by atoms with Gasteiger partial charge in [0, 0.05) is 7.11 Å². The number of ether oxygens (including phenoxy) is 2. The van der Waals surface area contributed by atoms with Crippen LogP contribution in [-0.2, 0) is 11.2 Å². The lowest BCUT2D eigenvalue weighted by atomic mass is 10.0. The highest BCUT2D eigenvalue weighted by Gasteiger charge is 2.10. The van der Waals surface area contributed by atoms with Crippen molar-refractivity contribution in [3.05, 3.63) is 65.2 Å². The van der Waals surface area contributed by atoms with Crippen molar-refractivity contribution in [3.63, 3.8) is 0 Å². The summed E-state index contributed by atoms with van der Waals surface area (Å²) in [6.45, 7) is 3.45. The van der Waals surface area contributed by atoms with Gasteiger partial charge in [-0.3, -0.25) is 0 Å². The van der Waals surface area contributed by atoms with Gasteiger partial charge in [0.05, 0.1) is 18.0 Å². The van der Waals surface area contributed by atoms with E-state index in [-0.39, 0.29) is 4.83 Å². The van der Waals surface area contributed by atoms with Gasteiger partial charge < -0.3 is 9.47 Å². The highest BCUT2D eigenvalue weighted by molar-refractivity contribution is 9.09. The molecule has 0 radical (unpaired) electrons. The molecule has 2 aromatic carbocycles. The van der Waals surface area contributed by atoms with Crippen LogP contribution in [0.25, 0.3) is 0 Å². The molecule has 0 saturated carbocycles. The fraction of sp³-hybridized carbons (Fsp3) is 0.333. The van der Waals surface area contributed by atoms with Crippen molar-refractivity contribution in [1.82, 2.24) is 0 Å². The Morgan fingerprint density at radius 1 is 0.952 bits per heavy atom. The largest absolute Gasteiger partial charge is 0.494 e. The van der Waals surface area contributed by atoms with Gasteiger partial charge in [-0.25, -0.2) is 0 Å². The summed E-state index contributed by atoms with van der Waals surface area (Å²) in [4.78, 5) is 0.199. The third-order valence-corrected chi connectivity index (χ3v) is 4.41. The highest BCUT2D eigenvalue weighted by atomic mass is 79.9. The van der Waals surface area contributed by atoms with Crippen LogP contribution in [0.3, 0.4) is 0 Å². The summed E-state index contributed by atoms with van der Waals surface area (Å²) < 4.78 is 10.6. The first-order chi connectivity index (χ1) is 10.2. The first kappa shape index (κ1) is 16.1. The average molecular weight is 349 g/mol. The molecule has 112 valence electrons. The molecule has 3 heteroatoms. The second kappa shape index (κ2) is 8.20. The third-order valence-electron chi connectivity index (χ3n) is 3.35. The van der Waals surface area contributed by atoms with E-state index in [1.54, 1.807) is 7.11 Å². The molecule has 0 aliphatic rings. The molecule has 2 aromatic rings. The first-order valence-electron chi connectivity index (χ1n) is 7.19. The Hall–Kier alpha value is -1.32. The lowest BCUT2D eigenvalue weighted by molar-refractivity contribution is 0.202. The minimum atomic E-state index is 0.199. The number of benzene rings is 2. The zero-order valence-corrected chi connectivity index (χ0v) is 14.1. The molecule has 0 spiro atoms.